The van der Waals surface area contributed by atoms with E-state index in [2.05, 4.69) is 4.98 Å². The third-order valence-electron chi connectivity index (χ3n) is 3.53. The van der Waals surface area contributed by atoms with Gasteiger partial charge in [-0.15, -0.1) is 0 Å². The SMILES string of the molecule is O=C(c1cc(=O)[nH]c2ccccc12)N1C[C@@H](O)[C@@H](O)C1. The summed E-state index contributed by atoms with van der Waals surface area (Å²) in [6.45, 7) is 0.141. The van der Waals surface area contributed by atoms with E-state index in [1.165, 1.54) is 11.0 Å². The Morgan fingerprint density at radius 1 is 1.20 bits per heavy atom. The number of hydrogen-bond acceptors (Lipinski definition) is 4. The van der Waals surface area contributed by atoms with E-state index in [9.17, 15) is 19.8 Å². The van der Waals surface area contributed by atoms with E-state index in [-0.39, 0.29) is 30.1 Å². The number of hydrogen-bond donors (Lipinski definition) is 3. The number of pyridine rings is 1. The highest BCUT2D eigenvalue weighted by molar-refractivity contribution is 6.06. The summed E-state index contributed by atoms with van der Waals surface area (Å²) in [6, 6.07) is 8.28. The van der Waals surface area contributed by atoms with E-state index in [1.54, 1.807) is 24.3 Å². The number of fused-ring (bicyclic) bond motifs is 1. The number of nitrogens with zero attached hydrogens (tertiary/aromatic N) is 1. The third kappa shape index (κ3) is 2.09. The monoisotopic (exact) mass is 274 g/mol. The van der Waals surface area contributed by atoms with E-state index < -0.39 is 12.2 Å². The highest BCUT2D eigenvalue weighted by Gasteiger charge is 2.33. The molecule has 1 amide bonds. The van der Waals surface area contributed by atoms with Gasteiger partial charge in [0.2, 0.25) is 5.56 Å². The molecule has 1 aromatic carbocycles. The van der Waals surface area contributed by atoms with E-state index in [0.29, 0.717) is 10.9 Å². The predicted molar refractivity (Wildman–Crippen MR) is 72.5 cm³/mol. The highest BCUT2D eigenvalue weighted by Crippen LogP contribution is 2.19. The largest absolute Gasteiger partial charge is 0.388 e. The maximum Gasteiger partial charge on any atom is 0.254 e. The first kappa shape index (κ1) is 12.8. The summed E-state index contributed by atoms with van der Waals surface area (Å²) >= 11 is 0. The van der Waals surface area contributed by atoms with Crippen molar-refractivity contribution in [2.75, 3.05) is 13.1 Å². The van der Waals surface area contributed by atoms with Crippen LogP contribution in [0.15, 0.2) is 35.1 Å². The van der Waals surface area contributed by atoms with Crippen molar-refractivity contribution >= 4 is 16.8 Å². The van der Waals surface area contributed by atoms with Gasteiger partial charge in [-0.2, -0.15) is 0 Å². The quantitative estimate of drug-likeness (QED) is 0.666. The zero-order chi connectivity index (χ0) is 14.3. The van der Waals surface area contributed by atoms with E-state index in [4.69, 9.17) is 0 Å². The van der Waals surface area contributed by atoms with Crippen LogP contribution in [0.5, 0.6) is 0 Å². The molecular formula is C14H14N2O4. The molecule has 2 heterocycles. The number of H-pyrrole nitrogens is 1. The van der Waals surface area contributed by atoms with Crippen molar-refractivity contribution in [3.8, 4) is 0 Å². The van der Waals surface area contributed by atoms with Crippen LogP contribution in [-0.2, 0) is 0 Å². The third-order valence-corrected chi connectivity index (χ3v) is 3.53. The second kappa shape index (κ2) is 4.73. The summed E-state index contributed by atoms with van der Waals surface area (Å²) in [5.41, 5.74) is 0.515. The molecule has 1 aliphatic heterocycles. The van der Waals surface area contributed by atoms with E-state index in [0.717, 1.165) is 0 Å². The van der Waals surface area contributed by atoms with Gasteiger partial charge < -0.3 is 20.1 Å². The van der Waals surface area contributed by atoms with E-state index in [1.807, 2.05) is 0 Å². The van der Waals surface area contributed by atoms with Crippen LogP contribution in [0.3, 0.4) is 0 Å². The number of amides is 1. The molecule has 1 aromatic heterocycles. The molecule has 6 heteroatoms. The molecule has 2 atom stereocenters. The minimum Gasteiger partial charge on any atom is -0.388 e. The van der Waals surface area contributed by atoms with Crippen molar-refractivity contribution in [3.63, 3.8) is 0 Å². The van der Waals surface area contributed by atoms with Crippen LogP contribution in [0.25, 0.3) is 10.9 Å². The number of carbonyl (C=O) groups excluding carboxylic acids is 1. The van der Waals surface area contributed by atoms with Crippen molar-refractivity contribution < 1.29 is 15.0 Å². The van der Waals surface area contributed by atoms with Crippen molar-refractivity contribution in [1.82, 2.24) is 9.88 Å². The van der Waals surface area contributed by atoms with Gasteiger partial charge in [-0.25, -0.2) is 0 Å². The molecule has 0 radical (unpaired) electrons. The molecule has 0 saturated carbocycles. The van der Waals surface area contributed by atoms with Crippen LogP contribution in [0.1, 0.15) is 10.4 Å². The molecule has 1 saturated heterocycles. The van der Waals surface area contributed by atoms with Crippen LogP contribution in [0, 0.1) is 0 Å². The van der Waals surface area contributed by atoms with Gasteiger partial charge in [-0.1, -0.05) is 18.2 Å². The van der Waals surface area contributed by atoms with Gasteiger partial charge in [0.05, 0.1) is 17.8 Å². The molecule has 6 nitrogen and oxygen atoms in total. The normalized spacial score (nSPS) is 22.4. The number of nitrogens with one attached hydrogen (secondary N) is 1. The summed E-state index contributed by atoms with van der Waals surface area (Å²) < 4.78 is 0. The molecule has 0 spiro atoms. The second-order valence-electron chi connectivity index (χ2n) is 4.94. The van der Waals surface area contributed by atoms with Crippen LogP contribution in [0.4, 0.5) is 0 Å². The van der Waals surface area contributed by atoms with Crippen LogP contribution in [-0.4, -0.2) is 51.3 Å². The average Bonchev–Trinajstić information content (AvgIpc) is 2.77. The van der Waals surface area contributed by atoms with E-state index >= 15 is 0 Å². The fourth-order valence-electron chi connectivity index (χ4n) is 2.49. The number of para-hydroxylation sites is 1. The Labute approximate surface area is 114 Å². The number of aliphatic hydroxyl groups is 2. The minimum absolute atomic E-state index is 0.0706. The summed E-state index contributed by atoms with van der Waals surface area (Å²) in [4.78, 5) is 28.1. The lowest BCUT2D eigenvalue weighted by molar-refractivity contribution is 0.0572. The van der Waals surface area contributed by atoms with Gasteiger partial charge in [-0.05, 0) is 6.07 Å². The van der Waals surface area contributed by atoms with Crippen molar-refractivity contribution in [2.24, 2.45) is 0 Å². The molecule has 0 aliphatic carbocycles. The molecule has 2 aromatic rings. The first-order valence-electron chi connectivity index (χ1n) is 6.34. The van der Waals surface area contributed by atoms with Gasteiger partial charge >= 0.3 is 0 Å². The van der Waals surface area contributed by atoms with Crippen molar-refractivity contribution in [2.45, 2.75) is 12.2 Å². The number of β-amino-alcohol motifs (C(OH)–C–C–N with tert-alkyl or cyclic N) is 2. The maximum atomic E-state index is 12.5. The lowest BCUT2D eigenvalue weighted by atomic mass is 10.1. The summed E-state index contributed by atoms with van der Waals surface area (Å²) in [7, 11) is 0. The number of benzene rings is 1. The summed E-state index contributed by atoms with van der Waals surface area (Å²) in [5, 5.41) is 19.7. The Bertz CT molecular complexity index is 714. The topological polar surface area (TPSA) is 93.6 Å². The lowest BCUT2D eigenvalue weighted by Crippen LogP contribution is -2.30. The maximum absolute atomic E-state index is 12.5. The minimum atomic E-state index is -0.938. The summed E-state index contributed by atoms with van der Waals surface area (Å²) in [5.74, 6) is -0.358. The number of aromatic nitrogens is 1. The van der Waals surface area contributed by atoms with Gasteiger partial charge in [0, 0.05) is 30.1 Å². The molecule has 3 rings (SSSR count). The fourth-order valence-corrected chi connectivity index (χ4v) is 2.49. The number of aliphatic hydroxyl groups excluding tert-OH is 2. The molecule has 1 aliphatic rings. The fraction of sp³-hybridized carbons (Fsp3) is 0.286. The Morgan fingerprint density at radius 2 is 1.85 bits per heavy atom. The molecule has 3 N–H and O–H groups in total. The molecule has 104 valence electrons. The molecule has 0 bridgehead atoms. The zero-order valence-electron chi connectivity index (χ0n) is 10.6. The van der Waals surface area contributed by atoms with Crippen LogP contribution in [0.2, 0.25) is 0 Å². The van der Waals surface area contributed by atoms with Gasteiger partial charge in [0.25, 0.3) is 5.91 Å². The van der Waals surface area contributed by atoms with Crippen LogP contribution >= 0.6 is 0 Å². The zero-order valence-corrected chi connectivity index (χ0v) is 10.6. The Hall–Kier alpha value is -2.18. The molecule has 0 unspecified atom stereocenters. The van der Waals surface area contributed by atoms with Crippen molar-refractivity contribution in [3.05, 3.63) is 46.2 Å². The first-order valence-corrected chi connectivity index (χ1v) is 6.34. The predicted octanol–water partition coefficient (Wildman–Crippen LogP) is -0.294. The second-order valence-corrected chi connectivity index (χ2v) is 4.94. The summed E-state index contributed by atoms with van der Waals surface area (Å²) in [6.07, 6.45) is -1.88. The standard InChI is InChI=1S/C14H14N2O4/c17-11-6-16(7-12(11)18)14(20)9-5-13(19)15-10-4-2-1-3-8(9)10/h1-5,11-12,17-18H,6-7H2,(H,15,19)/t11-,12+. The smallest absolute Gasteiger partial charge is 0.254 e. The number of rotatable bonds is 1. The van der Waals surface area contributed by atoms with Crippen LogP contribution < -0.4 is 5.56 Å². The Morgan fingerprint density at radius 3 is 2.55 bits per heavy atom. The molecular weight excluding hydrogens is 260 g/mol. The first-order chi connectivity index (χ1) is 9.56. The lowest BCUT2D eigenvalue weighted by Gasteiger charge is -2.16. The Balaban J connectivity index is 2.06. The average molecular weight is 274 g/mol. The molecule has 20 heavy (non-hydrogen) atoms. The number of likely N-dealkylation sites (tertiary alicyclic amines) is 1. The number of carbonyl (C=O) groups is 1. The van der Waals surface area contributed by atoms with Gasteiger partial charge in [-0.3, -0.25) is 9.59 Å². The van der Waals surface area contributed by atoms with Gasteiger partial charge in [0.15, 0.2) is 0 Å². The van der Waals surface area contributed by atoms with Gasteiger partial charge in [0.1, 0.15) is 0 Å². The molecule has 1 fully saturated rings. The Kier molecular flexibility index (Phi) is 3.04. The number of aromatic amines is 1. The van der Waals surface area contributed by atoms with Crippen molar-refractivity contribution in [1.29, 1.82) is 0 Å². The highest BCUT2D eigenvalue weighted by atomic mass is 16.3.